The van der Waals surface area contributed by atoms with Crippen LogP contribution in [0.25, 0.3) is 6.08 Å². The van der Waals surface area contributed by atoms with Crippen LogP contribution in [0.3, 0.4) is 0 Å². The molecule has 0 fully saturated rings. The Morgan fingerprint density at radius 1 is 1.16 bits per heavy atom. The van der Waals surface area contributed by atoms with Crippen LogP contribution in [0, 0.1) is 47.8 Å². The highest BCUT2D eigenvalue weighted by Gasteiger charge is 2.04. The molecule has 0 unspecified atom stereocenters. The summed E-state index contributed by atoms with van der Waals surface area (Å²) in [6.07, 6.45) is 3.12. The fourth-order valence-corrected chi connectivity index (χ4v) is 1.59. The molecule has 0 amide bonds. The predicted molar refractivity (Wildman–Crippen MR) is 72.8 cm³/mol. The summed E-state index contributed by atoms with van der Waals surface area (Å²) in [5, 5.41) is 29.4. The molecule has 92 valence electrons. The average molecular weight is 249 g/mol. The van der Waals surface area contributed by atoms with Crippen molar-refractivity contribution in [3.05, 3.63) is 34.9 Å². The number of nitrogens with zero attached hydrogens (tertiary/aromatic N) is 4. The molecule has 0 atom stereocenters. The van der Waals surface area contributed by atoms with E-state index in [2.05, 4.69) is 10.5 Å². The topological polar surface area (TPSA) is 95.8 Å². The van der Waals surface area contributed by atoms with Crippen LogP contribution < -0.4 is 5.43 Å². The molecule has 1 N–H and O–H groups in total. The highest BCUT2D eigenvalue weighted by molar-refractivity contribution is 6.10. The number of hydrazone groups is 1. The lowest BCUT2D eigenvalue weighted by atomic mass is 10.0. The van der Waals surface area contributed by atoms with Crippen molar-refractivity contribution in [2.24, 2.45) is 5.10 Å². The summed E-state index contributed by atoms with van der Waals surface area (Å²) in [5.41, 5.74) is 5.97. The van der Waals surface area contributed by atoms with Crippen LogP contribution in [0.2, 0.25) is 0 Å². The van der Waals surface area contributed by atoms with Gasteiger partial charge in [-0.15, -0.1) is 0 Å². The Kier molecular flexibility index (Phi) is 4.84. The third-order valence-electron chi connectivity index (χ3n) is 2.40. The van der Waals surface area contributed by atoms with E-state index in [1.807, 2.05) is 32.0 Å². The molecule has 0 aliphatic heterocycles. The van der Waals surface area contributed by atoms with E-state index in [9.17, 15) is 0 Å². The smallest absolute Gasteiger partial charge is 0.237 e. The Morgan fingerprint density at radius 3 is 2.21 bits per heavy atom. The molecule has 0 aliphatic carbocycles. The van der Waals surface area contributed by atoms with Crippen molar-refractivity contribution in [1.29, 1.82) is 15.8 Å². The van der Waals surface area contributed by atoms with Gasteiger partial charge in [-0.25, -0.2) is 0 Å². The first-order valence-corrected chi connectivity index (χ1v) is 5.43. The second-order valence-corrected chi connectivity index (χ2v) is 3.79. The Labute approximate surface area is 111 Å². The summed E-state index contributed by atoms with van der Waals surface area (Å²) in [6.45, 7) is 3.76. The Balaban J connectivity index is 3.10. The minimum absolute atomic E-state index is 0.229. The molecule has 0 radical (unpaired) electrons. The van der Waals surface area contributed by atoms with Gasteiger partial charge in [0.05, 0.1) is 11.8 Å². The Morgan fingerprint density at radius 2 is 1.74 bits per heavy atom. The maximum atomic E-state index is 8.60. The minimum atomic E-state index is -0.229. The molecule has 1 rings (SSSR count). The average Bonchev–Trinajstić information content (AvgIpc) is 2.40. The third kappa shape index (κ3) is 3.70. The summed E-state index contributed by atoms with van der Waals surface area (Å²) < 4.78 is 0. The van der Waals surface area contributed by atoms with Crippen molar-refractivity contribution in [3.63, 3.8) is 0 Å². The summed E-state index contributed by atoms with van der Waals surface area (Å²) in [5.74, 6) is 0. The van der Waals surface area contributed by atoms with Gasteiger partial charge in [0.1, 0.15) is 12.1 Å². The van der Waals surface area contributed by atoms with E-state index in [1.165, 1.54) is 6.08 Å². The second-order valence-electron chi connectivity index (χ2n) is 3.79. The van der Waals surface area contributed by atoms with E-state index in [4.69, 9.17) is 15.8 Å². The van der Waals surface area contributed by atoms with Crippen LogP contribution in [0.15, 0.2) is 23.3 Å². The molecule has 19 heavy (non-hydrogen) atoms. The molecular weight excluding hydrogens is 238 g/mol. The molecule has 0 heterocycles. The zero-order valence-corrected chi connectivity index (χ0v) is 10.6. The number of benzene rings is 1. The van der Waals surface area contributed by atoms with E-state index in [1.54, 1.807) is 18.2 Å². The molecule has 5 heteroatoms. The number of rotatable bonds is 3. The lowest BCUT2D eigenvalue weighted by Crippen LogP contribution is -2.00. The van der Waals surface area contributed by atoms with E-state index in [-0.39, 0.29) is 5.71 Å². The van der Waals surface area contributed by atoms with Gasteiger partial charge in [-0.3, -0.25) is 5.43 Å². The van der Waals surface area contributed by atoms with Crippen LogP contribution in [-0.4, -0.2) is 5.71 Å². The van der Waals surface area contributed by atoms with Crippen molar-refractivity contribution in [2.75, 3.05) is 5.43 Å². The molecule has 0 spiro atoms. The summed E-state index contributed by atoms with van der Waals surface area (Å²) in [4.78, 5) is 0. The van der Waals surface area contributed by atoms with Gasteiger partial charge in [0.15, 0.2) is 0 Å². The van der Waals surface area contributed by atoms with E-state index < -0.39 is 0 Å². The summed E-state index contributed by atoms with van der Waals surface area (Å²) in [7, 11) is 0. The third-order valence-corrected chi connectivity index (χ3v) is 2.40. The van der Waals surface area contributed by atoms with Gasteiger partial charge in [0, 0.05) is 6.08 Å². The van der Waals surface area contributed by atoms with Gasteiger partial charge < -0.3 is 0 Å². The van der Waals surface area contributed by atoms with Crippen LogP contribution >= 0.6 is 0 Å². The molecule has 0 aromatic heterocycles. The number of nitriles is 3. The molecule has 5 nitrogen and oxygen atoms in total. The zero-order valence-electron chi connectivity index (χ0n) is 10.6. The molecule has 0 aliphatic rings. The van der Waals surface area contributed by atoms with Gasteiger partial charge in [-0.05, 0) is 48.7 Å². The number of nitrogens with one attached hydrogen (secondary N) is 1. The molecule has 0 saturated heterocycles. The van der Waals surface area contributed by atoms with E-state index >= 15 is 0 Å². The SMILES string of the molecule is Cc1cc(C=CC#N)cc(C)c1NN=C(C#N)C#N. The van der Waals surface area contributed by atoms with Gasteiger partial charge >= 0.3 is 0 Å². The maximum Gasteiger partial charge on any atom is 0.237 e. The molecule has 0 bridgehead atoms. The predicted octanol–water partition coefficient (Wildman–Crippen LogP) is 2.66. The van der Waals surface area contributed by atoms with Crippen LogP contribution in [-0.2, 0) is 0 Å². The van der Waals surface area contributed by atoms with Crippen molar-refractivity contribution in [1.82, 2.24) is 0 Å². The van der Waals surface area contributed by atoms with Crippen molar-refractivity contribution in [2.45, 2.75) is 13.8 Å². The number of aryl methyl sites for hydroxylation is 2. The van der Waals surface area contributed by atoms with E-state index in [0.29, 0.717) is 0 Å². The first kappa shape index (κ1) is 14.0. The lowest BCUT2D eigenvalue weighted by molar-refractivity contribution is 1.26. The molecule has 1 aromatic rings. The van der Waals surface area contributed by atoms with Gasteiger partial charge in [0.2, 0.25) is 5.71 Å². The number of hydrogen-bond acceptors (Lipinski definition) is 5. The van der Waals surface area contributed by atoms with Crippen molar-refractivity contribution in [3.8, 4) is 18.2 Å². The first-order valence-electron chi connectivity index (χ1n) is 5.43. The standard InChI is InChI=1S/C14H11N5/c1-10-6-12(4-3-5-15)7-11(2)14(10)19-18-13(8-16)9-17/h3-4,6-7,19H,1-2H3. The van der Waals surface area contributed by atoms with Crippen molar-refractivity contribution >= 4 is 17.5 Å². The maximum absolute atomic E-state index is 8.60. The van der Waals surface area contributed by atoms with Gasteiger partial charge in [-0.1, -0.05) is 0 Å². The second kappa shape index (κ2) is 6.59. The summed E-state index contributed by atoms with van der Waals surface area (Å²) in [6, 6.07) is 9.07. The van der Waals surface area contributed by atoms with Gasteiger partial charge in [-0.2, -0.15) is 20.9 Å². The number of hydrogen-bond donors (Lipinski definition) is 1. The van der Waals surface area contributed by atoms with Crippen LogP contribution in [0.5, 0.6) is 0 Å². The largest absolute Gasteiger partial charge is 0.276 e. The van der Waals surface area contributed by atoms with Crippen molar-refractivity contribution < 1.29 is 0 Å². The quantitative estimate of drug-likeness (QED) is 0.506. The Hall–Kier alpha value is -3.10. The van der Waals surface area contributed by atoms with Crippen LogP contribution in [0.1, 0.15) is 16.7 Å². The van der Waals surface area contributed by atoms with Gasteiger partial charge in [0.25, 0.3) is 0 Å². The Bertz CT molecular complexity index is 624. The number of anilines is 1. The number of allylic oxidation sites excluding steroid dienone is 1. The summed E-state index contributed by atoms with van der Waals surface area (Å²) >= 11 is 0. The fourth-order valence-electron chi connectivity index (χ4n) is 1.59. The molecular formula is C14H11N5. The highest BCUT2D eigenvalue weighted by atomic mass is 15.3. The van der Waals surface area contributed by atoms with Crippen LogP contribution in [0.4, 0.5) is 5.69 Å². The minimum Gasteiger partial charge on any atom is -0.276 e. The first-order chi connectivity index (χ1) is 9.12. The zero-order chi connectivity index (χ0) is 14.3. The molecule has 0 saturated carbocycles. The van der Waals surface area contributed by atoms with E-state index in [0.717, 1.165) is 22.4 Å². The monoisotopic (exact) mass is 249 g/mol. The molecule has 1 aromatic carbocycles. The fraction of sp³-hybridized carbons (Fsp3) is 0.143. The lowest BCUT2D eigenvalue weighted by Gasteiger charge is -2.10. The normalized spacial score (nSPS) is 9.21. The highest BCUT2D eigenvalue weighted by Crippen LogP contribution is 2.23.